The summed E-state index contributed by atoms with van der Waals surface area (Å²) in [7, 11) is 0. The van der Waals surface area contributed by atoms with Gasteiger partial charge in [0.2, 0.25) is 17.7 Å². The molecule has 250 valence electrons. The van der Waals surface area contributed by atoms with Crippen molar-refractivity contribution in [2.45, 2.75) is 63.7 Å². The molecule has 11 heteroatoms. The number of carboxylic acids is 1. The number of benzene rings is 3. The molecule has 3 amide bonds. The van der Waals surface area contributed by atoms with E-state index in [4.69, 9.17) is 5.73 Å². The summed E-state index contributed by atoms with van der Waals surface area (Å²) in [6.07, 6.45) is 4.60. The summed E-state index contributed by atoms with van der Waals surface area (Å²) in [6.45, 7) is 3.69. The third-order valence-electron chi connectivity index (χ3n) is 8.87. The number of hydrogen-bond donors (Lipinski definition) is 7. The van der Waals surface area contributed by atoms with E-state index in [9.17, 15) is 24.3 Å². The van der Waals surface area contributed by atoms with E-state index in [0.29, 0.717) is 6.42 Å². The van der Waals surface area contributed by atoms with E-state index in [-0.39, 0.29) is 25.2 Å². The van der Waals surface area contributed by atoms with E-state index in [0.717, 1.165) is 38.5 Å². The summed E-state index contributed by atoms with van der Waals surface area (Å²) in [5.74, 6) is -3.24. The van der Waals surface area contributed by atoms with Crippen LogP contribution in [0.5, 0.6) is 0 Å². The van der Waals surface area contributed by atoms with Gasteiger partial charge in [-0.05, 0) is 41.2 Å². The van der Waals surface area contributed by atoms with Crippen molar-refractivity contribution in [1.82, 2.24) is 25.9 Å². The van der Waals surface area contributed by atoms with Crippen LogP contribution in [0, 0.1) is 5.92 Å². The lowest BCUT2D eigenvalue weighted by molar-refractivity contribution is -0.142. The van der Waals surface area contributed by atoms with Crippen molar-refractivity contribution >= 4 is 45.5 Å². The lowest BCUT2D eigenvalue weighted by Crippen LogP contribution is -2.59. The average molecular weight is 651 g/mol. The van der Waals surface area contributed by atoms with Gasteiger partial charge < -0.3 is 36.8 Å². The Labute approximate surface area is 278 Å². The van der Waals surface area contributed by atoms with Gasteiger partial charge in [0, 0.05) is 47.0 Å². The van der Waals surface area contributed by atoms with Gasteiger partial charge in [0.25, 0.3) is 0 Å². The second-order valence-corrected chi connectivity index (χ2v) is 12.3. The highest BCUT2D eigenvalue weighted by atomic mass is 16.4. The number of para-hydroxylation sites is 2. The first kappa shape index (κ1) is 33.9. The van der Waals surface area contributed by atoms with Crippen LogP contribution in [-0.2, 0) is 38.4 Å². The van der Waals surface area contributed by atoms with Crippen molar-refractivity contribution in [3.8, 4) is 0 Å². The Morgan fingerprint density at radius 2 is 1.23 bits per heavy atom. The number of rotatable bonds is 15. The van der Waals surface area contributed by atoms with Gasteiger partial charge in [0.1, 0.15) is 18.1 Å². The molecule has 11 nitrogen and oxygen atoms in total. The molecule has 0 spiro atoms. The Balaban J connectivity index is 1.35. The maximum absolute atomic E-state index is 14.0. The van der Waals surface area contributed by atoms with Crippen molar-refractivity contribution in [2.24, 2.45) is 11.7 Å². The predicted octanol–water partition coefficient (Wildman–Crippen LogP) is 3.59. The minimum absolute atomic E-state index is 0.0800. The van der Waals surface area contributed by atoms with Gasteiger partial charge in [-0.3, -0.25) is 14.4 Å². The first-order valence-corrected chi connectivity index (χ1v) is 16.2. The lowest BCUT2D eigenvalue weighted by atomic mass is 9.96. The molecule has 5 unspecified atom stereocenters. The Kier molecular flexibility index (Phi) is 10.9. The van der Waals surface area contributed by atoms with Gasteiger partial charge in [0.15, 0.2) is 0 Å². The summed E-state index contributed by atoms with van der Waals surface area (Å²) >= 11 is 0. The second-order valence-electron chi connectivity index (χ2n) is 12.3. The van der Waals surface area contributed by atoms with E-state index in [2.05, 4.69) is 25.9 Å². The van der Waals surface area contributed by atoms with Gasteiger partial charge in [0.05, 0.1) is 6.04 Å². The average Bonchev–Trinajstić information content (AvgIpc) is 3.70. The molecular weight excluding hydrogens is 608 g/mol. The number of fused-ring (bicyclic) bond motifs is 2. The Morgan fingerprint density at radius 3 is 1.81 bits per heavy atom. The van der Waals surface area contributed by atoms with Crippen molar-refractivity contribution in [3.05, 3.63) is 108 Å². The van der Waals surface area contributed by atoms with Gasteiger partial charge in [-0.25, -0.2) is 4.79 Å². The SMILES string of the molecule is CCC(C)C(NC(=O)C(Cc1c[nH]c2ccccc12)NC(=O)C(N)Cc1c[nH]c2ccccc12)C(=O)NC(Cc1ccccc1)C(=O)O. The molecule has 3 aromatic carbocycles. The maximum Gasteiger partial charge on any atom is 0.326 e. The van der Waals surface area contributed by atoms with E-state index in [1.807, 2.05) is 74.6 Å². The lowest BCUT2D eigenvalue weighted by Gasteiger charge is -2.28. The fourth-order valence-electron chi connectivity index (χ4n) is 5.91. The standard InChI is InChI=1S/C37H42N6O5/c1-3-22(2)33(36(46)42-32(37(47)48)17-23-11-5-4-6-12-23)43-35(45)31(19-25-21-40-30-16-10-8-14-27(25)30)41-34(44)28(38)18-24-20-39-29-15-9-7-13-26(24)29/h4-16,20-22,28,31-33,39-40H,3,17-19,38H2,1-2H3,(H,41,44)(H,42,46)(H,43,45)(H,47,48). The number of nitrogens with two attached hydrogens (primary N) is 1. The van der Waals surface area contributed by atoms with Crippen molar-refractivity contribution < 1.29 is 24.3 Å². The highest BCUT2D eigenvalue weighted by Gasteiger charge is 2.33. The first-order chi connectivity index (χ1) is 23.1. The van der Waals surface area contributed by atoms with Gasteiger partial charge in [-0.1, -0.05) is 87.0 Å². The van der Waals surface area contributed by atoms with Crippen molar-refractivity contribution in [3.63, 3.8) is 0 Å². The number of nitrogens with one attached hydrogen (secondary N) is 5. The van der Waals surface area contributed by atoms with Crippen LogP contribution in [0.1, 0.15) is 37.0 Å². The molecule has 0 fully saturated rings. The summed E-state index contributed by atoms with van der Waals surface area (Å²) in [6, 6.07) is 20.1. The Bertz CT molecular complexity index is 1880. The molecule has 5 aromatic rings. The molecule has 0 aliphatic rings. The molecule has 0 aliphatic carbocycles. The number of carbonyl (C=O) groups is 4. The number of aromatic amines is 2. The number of carbonyl (C=O) groups excluding carboxylic acids is 3. The van der Waals surface area contributed by atoms with Crippen molar-refractivity contribution in [1.29, 1.82) is 0 Å². The second kappa shape index (κ2) is 15.4. The van der Waals surface area contributed by atoms with E-state index >= 15 is 0 Å². The number of H-pyrrole nitrogens is 2. The molecule has 0 saturated heterocycles. The summed E-state index contributed by atoms with van der Waals surface area (Å²) in [5.41, 5.74) is 10.6. The Morgan fingerprint density at radius 1 is 0.688 bits per heavy atom. The highest BCUT2D eigenvalue weighted by Crippen LogP contribution is 2.21. The quantitative estimate of drug-likeness (QED) is 0.0909. The predicted molar refractivity (Wildman–Crippen MR) is 185 cm³/mol. The molecule has 2 aromatic heterocycles. The fourth-order valence-corrected chi connectivity index (χ4v) is 5.91. The zero-order valence-corrected chi connectivity index (χ0v) is 27.0. The van der Waals surface area contributed by atoms with Crippen LogP contribution in [-0.4, -0.2) is 62.9 Å². The summed E-state index contributed by atoms with van der Waals surface area (Å²) in [4.78, 5) is 59.7. The summed E-state index contributed by atoms with van der Waals surface area (Å²) in [5, 5.41) is 20.1. The van der Waals surface area contributed by atoms with E-state index < -0.39 is 47.9 Å². The number of carboxylic acid groups (broad SMARTS) is 1. The molecule has 0 saturated carbocycles. The minimum Gasteiger partial charge on any atom is -0.480 e. The smallest absolute Gasteiger partial charge is 0.326 e. The van der Waals surface area contributed by atoms with Crippen LogP contribution in [0.4, 0.5) is 0 Å². The Hall–Kier alpha value is -5.42. The molecule has 48 heavy (non-hydrogen) atoms. The molecule has 0 aliphatic heterocycles. The van der Waals surface area contributed by atoms with Crippen LogP contribution in [0.25, 0.3) is 21.8 Å². The maximum atomic E-state index is 14.0. The van der Waals surface area contributed by atoms with Crippen molar-refractivity contribution in [2.75, 3.05) is 0 Å². The zero-order valence-electron chi connectivity index (χ0n) is 27.0. The number of aliphatic carboxylic acids is 1. The normalized spacial score (nSPS) is 14.5. The number of aromatic nitrogens is 2. The highest BCUT2D eigenvalue weighted by molar-refractivity contribution is 5.95. The molecular formula is C37H42N6O5. The third kappa shape index (κ3) is 8.10. The molecule has 8 N–H and O–H groups in total. The van der Waals surface area contributed by atoms with Crippen LogP contribution in [0.2, 0.25) is 0 Å². The first-order valence-electron chi connectivity index (χ1n) is 16.2. The van der Waals surface area contributed by atoms with Crippen LogP contribution in [0.15, 0.2) is 91.3 Å². The molecule has 0 bridgehead atoms. The fraction of sp³-hybridized carbons (Fsp3) is 0.297. The van der Waals surface area contributed by atoms with E-state index in [1.54, 1.807) is 30.5 Å². The third-order valence-corrected chi connectivity index (χ3v) is 8.87. The van der Waals surface area contributed by atoms with Crippen LogP contribution in [0.3, 0.4) is 0 Å². The largest absolute Gasteiger partial charge is 0.480 e. The van der Waals surface area contributed by atoms with Crippen LogP contribution >= 0.6 is 0 Å². The minimum atomic E-state index is -1.20. The molecule has 5 rings (SSSR count). The molecule has 2 heterocycles. The monoisotopic (exact) mass is 650 g/mol. The zero-order chi connectivity index (χ0) is 34.2. The van der Waals surface area contributed by atoms with Gasteiger partial charge in [-0.2, -0.15) is 0 Å². The summed E-state index contributed by atoms with van der Waals surface area (Å²) < 4.78 is 0. The van der Waals surface area contributed by atoms with Gasteiger partial charge >= 0.3 is 5.97 Å². The van der Waals surface area contributed by atoms with Crippen LogP contribution < -0.4 is 21.7 Å². The van der Waals surface area contributed by atoms with Gasteiger partial charge in [-0.15, -0.1) is 0 Å². The number of hydrogen-bond acceptors (Lipinski definition) is 5. The number of amides is 3. The topological polar surface area (TPSA) is 182 Å². The van der Waals surface area contributed by atoms with E-state index in [1.165, 1.54) is 0 Å². The molecule has 5 atom stereocenters. The molecule has 0 radical (unpaired) electrons.